The average Bonchev–Trinajstić information content (AvgIpc) is 2.95. The van der Waals surface area contributed by atoms with E-state index in [1.54, 1.807) is 7.11 Å². The lowest BCUT2D eigenvalue weighted by atomic mass is 9.97. The fourth-order valence-electron chi connectivity index (χ4n) is 1.36. The highest BCUT2D eigenvalue weighted by Crippen LogP contribution is 2.38. The van der Waals surface area contributed by atoms with Gasteiger partial charge in [0.2, 0.25) is 0 Å². The molecule has 1 aliphatic carbocycles. The molecule has 0 spiro atoms. The molecule has 0 bridgehead atoms. The lowest BCUT2D eigenvalue weighted by Gasteiger charge is -2.26. The molecule has 1 unspecified atom stereocenters. The van der Waals surface area contributed by atoms with Crippen LogP contribution in [0.3, 0.4) is 0 Å². The standard InChI is InChI=1S/C9H19NO3/c1-12-4-5-13-7-9(10,6-11)8-2-3-8/h8,11H,2-7,10H2,1H3. The van der Waals surface area contributed by atoms with Gasteiger partial charge in [0.1, 0.15) is 0 Å². The second-order valence-corrected chi connectivity index (χ2v) is 3.71. The predicted molar refractivity (Wildman–Crippen MR) is 49.4 cm³/mol. The first-order valence-electron chi connectivity index (χ1n) is 4.69. The molecule has 1 saturated carbocycles. The average molecular weight is 189 g/mol. The van der Waals surface area contributed by atoms with Crippen LogP contribution >= 0.6 is 0 Å². The van der Waals surface area contributed by atoms with Gasteiger partial charge in [0.25, 0.3) is 0 Å². The molecule has 0 aliphatic heterocycles. The van der Waals surface area contributed by atoms with Gasteiger partial charge in [0.15, 0.2) is 0 Å². The van der Waals surface area contributed by atoms with E-state index in [9.17, 15) is 0 Å². The minimum absolute atomic E-state index is 0.00461. The van der Waals surface area contributed by atoms with Crippen molar-refractivity contribution in [2.75, 3.05) is 33.5 Å². The van der Waals surface area contributed by atoms with Crippen molar-refractivity contribution in [2.45, 2.75) is 18.4 Å². The molecular weight excluding hydrogens is 170 g/mol. The summed E-state index contributed by atoms with van der Waals surface area (Å²) in [4.78, 5) is 0. The summed E-state index contributed by atoms with van der Waals surface area (Å²) in [6.45, 7) is 1.55. The molecule has 0 aromatic rings. The van der Waals surface area contributed by atoms with Gasteiger partial charge in [-0.3, -0.25) is 0 Å². The molecule has 13 heavy (non-hydrogen) atoms. The van der Waals surface area contributed by atoms with Crippen LogP contribution in [-0.2, 0) is 9.47 Å². The van der Waals surface area contributed by atoms with E-state index in [0.29, 0.717) is 25.7 Å². The minimum atomic E-state index is -0.520. The molecule has 1 fully saturated rings. The number of nitrogens with two attached hydrogens (primary N) is 1. The van der Waals surface area contributed by atoms with Crippen molar-refractivity contribution in [2.24, 2.45) is 11.7 Å². The highest BCUT2D eigenvalue weighted by Gasteiger charge is 2.41. The molecule has 4 heteroatoms. The zero-order valence-corrected chi connectivity index (χ0v) is 8.16. The van der Waals surface area contributed by atoms with E-state index in [-0.39, 0.29) is 6.61 Å². The molecule has 0 saturated heterocycles. The van der Waals surface area contributed by atoms with Gasteiger partial charge in [-0.15, -0.1) is 0 Å². The van der Waals surface area contributed by atoms with Crippen molar-refractivity contribution in [3.63, 3.8) is 0 Å². The molecule has 1 aliphatic rings. The summed E-state index contributed by atoms with van der Waals surface area (Å²) >= 11 is 0. The zero-order valence-electron chi connectivity index (χ0n) is 8.16. The van der Waals surface area contributed by atoms with Crippen molar-refractivity contribution in [1.82, 2.24) is 0 Å². The third kappa shape index (κ3) is 3.23. The second-order valence-electron chi connectivity index (χ2n) is 3.71. The summed E-state index contributed by atoms with van der Waals surface area (Å²) in [6.07, 6.45) is 2.23. The number of rotatable bonds is 7. The Hall–Kier alpha value is -0.160. The number of hydrogen-bond donors (Lipinski definition) is 2. The van der Waals surface area contributed by atoms with Crippen LogP contribution in [0.4, 0.5) is 0 Å². The van der Waals surface area contributed by atoms with Gasteiger partial charge >= 0.3 is 0 Å². The maximum absolute atomic E-state index is 9.12. The Morgan fingerprint density at radius 1 is 1.46 bits per heavy atom. The van der Waals surface area contributed by atoms with Gasteiger partial charge in [-0.25, -0.2) is 0 Å². The predicted octanol–water partition coefficient (Wildman–Crippen LogP) is -0.251. The monoisotopic (exact) mass is 189 g/mol. The normalized spacial score (nSPS) is 21.5. The lowest BCUT2D eigenvalue weighted by molar-refractivity contribution is 0.0189. The first kappa shape index (κ1) is 10.9. The second kappa shape index (κ2) is 4.91. The number of aliphatic hydroxyl groups is 1. The van der Waals surface area contributed by atoms with E-state index in [1.807, 2.05) is 0 Å². The van der Waals surface area contributed by atoms with Crippen LogP contribution < -0.4 is 5.73 Å². The lowest BCUT2D eigenvalue weighted by Crippen LogP contribution is -2.50. The van der Waals surface area contributed by atoms with Crippen LogP contribution in [0.15, 0.2) is 0 Å². The Balaban J connectivity index is 2.15. The van der Waals surface area contributed by atoms with Gasteiger partial charge in [-0.1, -0.05) is 0 Å². The Labute approximate surface area is 79.0 Å². The molecular formula is C9H19NO3. The van der Waals surface area contributed by atoms with Crippen molar-refractivity contribution in [3.05, 3.63) is 0 Å². The van der Waals surface area contributed by atoms with Crippen LogP contribution in [0.2, 0.25) is 0 Å². The topological polar surface area (TPSA) is 64.7 Å². The fourth-order valence-corrected chi connectivity index (χ4v) is 1.36. The largest absolute Gasteiger partial charge is 0.394 e. The molecule has 3 N–H and O–H groups in total. The molecule has 0 aromatic carbocycles. The van der Waals surface area contributed by atoms with Crippen molar-refractivity contribution in [3.8, 4) is 0 Å². The fraction of sp³-hybridized carbons (Fsp3) is 1.00. The first-order valence-corrected chi connectivity index (χ1v) is 4.69. The molecule has 0 radical (unpaired) electrons. The minimum Gasteiger partial charge on any atom is -0.394 e. The summed E-state index contributed by atoms with van der Waals surface area (Å²) in [5.74, 6) is 0.444. The summed E-state index contributed by atoms with van der Waals surface area (Å²) in [7, 11) is 1.63. The molecule has 0 aromatic heterocycles. The summed E-state index contributed by atoms with van der Waals surface area (Å²) in [5.41, 5.74) is 5.45. The van der Waals surface area contributed by atoms with Crippen molar-refractivity contribution >= 4 is 0 Å². The van der Waals surface area contributed by atoms with Gasteiger partial charge in [0.05, 0.1) is 32.0 Å². The number of hydrogen-bond acceptors (Lipinski definition) is 4. The Kier molecular flexibility index (Phi) is 4.12. The van der Waals surface area contributed by atoms with Crippen LogP contribution in [0.1, 0.15) is 12.8 Å². The third-order valence-electron chi connectivity index (χ3n) is 2.49. The third-order valence-corrected chi connectivity index (χ3v) is 2.49. The highest BCUT2D eigenvalue weighted by molar-refractivity contribution is 4.98. The Bertz CT molecular complexity index is 150. The van der Waals surface area contributed by atoms with Crippen molar-refractivity contribution in [1.29, 1.82) is 0 Å². The Morgan fingerprint density at radius 2 is 2.15 bits per heavy atom. The molecule has 0 amide bonds. The van der Waals surface area contributed by atoms with E-state index >= 15 is 0 Å². The number of aliphatic hydroxyl groups excluding tert-OH is 1. The zero-order chi connectivity index (χ0) is 9.73. The highest BCUT2D eigenvalue weighted by atomic mass is 16.5. The number of methoxy groups -OCH3 is 1. The molecule has 4 nitrogen and oxygen atoms in total. The Morgan fingerprint density at radius 3 is 2.62 bits per heavy atom. The quantitative estimate of drug-likeness (QED) is 0.542. The maximum atomic E-state index is 9.12. The van der Waals surface area contributed by atoms with Gasteiger partial charge in [-0.2, -0.15) is 0 Å². The molecule has 0 heterocycles. The van der Waals surface area contributed by atoms with Gasteiger partial charge in [-0.05, 0) is 18.8 Å². The van der Waals surface area contributed by atoms with Crippen LogP contribution in [0.5, 0.6) is 0 Å². The summed E-state index contributed by atoms with van der Waals surface area (Å²) in [6, 6.07) is 0. The van der Waals surface area contributed by atoms with E-state index in [4.69, 9.17) is 20.3 Å². The van der Waals surface area contributed by atoms with E-state index < -0.39 is 5.54 Å². The molecule has 78 valence electrons. The van der Waals surface area contributed by atoms with Gasteiger partial charge < -0.3 is 20.3 Å². The summed E-state index contributed by atoms with van der Waals surface area (Å²) < 4.78 is 10.2. The first-order chi connectivity index (χ1) is 6.23. The van der Waals surface area contributed by atoms with E-state index in [1.165, 1.54) is 0 Å². The summed E-state index contributed by atoms with van der Waals surface area (Å²) in [5, 5.41) is 9.12. The van der Waals surface area contributed by atoms with E-state index in [0.717, 1.165) is 12.8 Å². The molecule has 1 rings (SSSR count). The smallest absolute Gasteiger partial charge is 0.0701 e. The van der Waals surface area contributed by atoms with Crippen LogP contribution in [0, 0.1) is 5.92 Å². The maximum Gasteiger partial charge on any atom is 0.0701 e. The SMILES string of the molecule is COCCOCC(N)(CO)C1CC1. The van der Waals surface area contributed by atoms with E-state index in [2.05, 4.69) is 0 Å². The van der Waals surface area contributed by atoms with Gasteiger partial charge in [0, 0.05) is 7.11 Å². The van der Waals surface area contributed by atoms with Crippen LogP contribution in [0.25, 0.3) is 0 Å². The molecule has 1 atom stereocenters. The number of ether oxygens (including phenoxy) is 2. The van der Waals surface area contributed by atoms with Crippen LogP contribution in [-0.4, -0.2) is 44.2 Å². The van der Waals surface area contributed by atoms with Crippen molar-refractivity contribution < 1.29 is 14.6 Å².